The van der Waals surface area contributed by atoms with E-state index < -0.39 is 0 Å². The summed E-state index contributed by atoms with van der Waals surface area (Å²) in [6, 6.07) is 11.5. The fraction of sp³-hybridized carbons (Fsp3) is 0.333. The summed E-state index contributed by atoms with van der Waals surface area (Å²) < 4.78 is 17.4. The van der Waals surface area contributed by atoms with Gasteiger partial charge in [-0.3, -0.25) is 4.79 Å². The molecule has 0 spiro atoms. The Morgan fingerprint density at radius 2 is 2.03 bits per heavy atom. The van der Waals surface area contributed by atoms with Crippen molar-refractivity contribution in [3.63, 3.8) is 0 Å². The van der Waals surface area contributed by atoms with Gasteiger partial charge in [-0.25, -0.2) is 4.98 Å². The van der Waals surface area contributed by atoms with Crippen LogP contribution >= 0.6 is 11.3 Å². The number of furan rings is 1. The summed E-state index contributed by atoms with van der Waals surface area (Å²) in [5.41, 5.74) is 0.988. The number of hydrogen-bond donors (Lipinski definition) is 0. The van der Waals surface area contributed by atoms with Gasteiger partial charge >= 0.3 is 5.97 Å². The van der Waals surface area contributed by atoms with Gasteiger partial charge in [0.1, 0.15) is 0 Å². The Bertz CT molecular complexity index is 1090. The molecule has 0 bridgehead atoms. The molecule has 5 rings (SSSR count). The minimum atomic E-state index is -0.230. The quantitative estimate of drug-likeness (QED) is 0.430. The smallest absolute Gasteiger partial charge is 0.310 e. The van der Waals surface area contributed by atoms with Gasteiger partial charge in [-0.1, -0.05) is 25.0 Å². The third-order valence-corrected chi connectivity index (χ3v) is 6.40. The van der Waals surface area contributed by atoms with Crippen LogP contribution in [0.25, 0.3) is 21.9 Å². The SMILES string of the molecule is O=C(OCc1nnc(-c2ccco2)o1)[C@H]1CCCC[C@H]1c1nc2ccccc2s1. The van der Waals surface area contributed by atoms with E-state index in [0.29, 0.717) is 5.76 Å². The Kier molecular flexibility index (Phi) is 4.85. The number of benzene rings is 1. The highest BCUT2D eigenvalue weighted by Crippen LogP contribution is 2.41. The Hall–Kier alpha value is -3.00. The maximum Gasteiger partial charge on any atom is 0.310 e. The van der Waals surface area contributed by atoms with E-state index in [1.165, 1.54) is 6.26 Å². The van der Waals surface area contributed by atoms with E-state index in [2.05, 4.69) is 16.3 Å². The molecule has 2 atom stereocenters. The van der Waals surface area contributed by atoms with Gasteiger partial charge in [-0.15, -0.1) is 21.5 Å². The first kappa shape index (κ1) is 18.1. The lowest BCUT2D eigenvalue weighted by atomic mass is 9.79. The zero-order valence-corrected chi connectivity index (χ0v) is 16.4. The maximum atomic E-state index is 12.9. The van der Waals surface area contributed by atoms with E-state index >= 15 is 0 Å². The standard InChI is InChI=1S/C21H19N3O4S/c25-21(27-12-18-23-24-19(28-18)16-9-5-11-26-16)14-7-2-1-6-13(14)20-22-15-8-3-4-10-17(15)29-20/h3-5,8-11,13-14H,1-2,6-7,12H2/t13-,14+/m1/s1. The number of aromatic nitrogens is 3. The van der Waals surface area contributed by atoms with Gasteiger partial charge in [0, 0.05) is 5.92 Å². The number of fused-ring (bicyclic) bond motifs is 1. The summed E-state index contributed by atoms with van der Waals surface area (Å²) in [6.45, 7) is -0.0460. The van der Waals surface area contributed by atoms with Crippen LogP contribution in [0.1, 0.15) is 42.5 Å². The number of rotatable bonds is 5. The van der Waals surface area contributed by atoms with Crippen LogP contribution in [0.15, 0.2) is 51.5 Å². The van der Waals surface area contributed by atoms with Gasteiger partial charge in [0.2, 0.25) is 0 Å². The first-order valence-corrected chi connectivity index (χ1v) is 10.5. The molecular weight excluding hydrogens is 390 g/mol. The van der Waals surface area contributed by atoms with Crippen molar-refractivity contribution in [3.05, 3.63) is 53.6 Å². The molecule has 0 aliphatic heterocycles. The van der Waals surface area contributed by atoms with Crippen molar-refractivity contribution in [3.8, 4) is 11.7 Å². The Labute approximate surface area is 170 Å². The van der Waals surface area contributed by atoms with Crippen molar-refractivity contribution in [2.45, 2.75) is 38.2 Å². The van der Waals surface area contributed by atoms with Crippen LogP contribution < -0.4 is 0 Å². The Balaban J connectivity index is 1.28. The monoisotopic (exact) mass is 409 g/mol. The van der Waals surface area contributed by atoms with E-state index in [4.69, 9.17) is 18.6 Å². The second-order valence-electron chi connectivity index (χ2n) is 7.10. The molecule has 3 aromatic heterocycles. The van der Waals surface area contributed by atoms with Crippen LogP contribution in [0, 0.1) is 5.92 Å². The van der Waals surface area contributed by atoms with Crippen molar-refractivity contribution in [1.29, 1.82) is 0 Å². The fourth-order valence-electron chi connectivity index (χ4n) is 3.81. The predicted octanol–water partition coefficient (Wildman–Crippen LogP) is 4.96. The van der Waals surface area contributed by atoms with Crippen molar-refractivity contribution in [1.82, 2.24) is 15.2 Å². The number of thiazole rings is 1. The Morgan fingerprint density at radius 3 is 2.90 bits per heavy atom. The molecule has 0 N–H and O–H groups in total. The lowest BCUT2D eigenvalue weighted by molar-refractivity contribution is -0.152. The van der Waals surface area contributed by atoms with Gasteiger partial charge in [0.25, 0.3) is 11.8 Å². The van der Waals surface area contributed by atoms with Crippen molar-refractivity contribution >= 4 is 27.5 Å². The highest BCUT2D eigenvalue weighted by molar-refractivity contribution is 7.18. The van der Waals surface area contributed by atoms with E-state index in [0.717, 1.165) is 40.9 Å². The second-order valence-corrected chi connectivity index (χ2v) is 8.17. The van der Waals surface area contributed by atoms with Crippen LogP contribution in [0.5, 0.6) is 0 Å². The molecular formula is C21H19N3O4S. The molecule has 1 saturated carbocycles. The number of carbonyl (C=O) groups is 1. The van der Waals surface area contributed by atoms with Gasteiger partial charge in [0.15, 0.2) is 12.4 Å². The molecule has 148 valence electrons. The molecule has 0 saturated heterocycles. The third kappa shape index (κ3) is 3.67. The molecule has 7 nitrogen and oxygen atoms in total. The van der Waals surface area contributed by atoms with E-state index in [9.17, 15) is 4.79 Å². The molecule has 1 fully saturated rings. The average molecular weight is 409 g/mol. The summed E-state index contributed by atoms with van der Waals surface area (Å²) in [7, 11) is 0. The minimum absolute atomic E-state index is 0.0460. The van der Waals surface area contributed by atoms with E-state index in [-0.39, 0.29) is 36.2 Å². The molecule has 0 amide bonds. The summed E-state index contributed by atoms with van der Waals surface area (Å²) in [6.07, 6.45) is 5.40. The highest BCUT2D eigenvalue weighted by Gasteiger charge is 2.35. The van der Waals surface area contributed by atoms with Gasteiger partial charge < -0.3 is 13.6 Å². The van der Waals surface area contributed by atoms with Gasteiger partial charge in [-0.2, -0.15) is 0 Å². The van der Waals surface area contributed by atoms with Crippen LogP contribution in [0.4, 0.5) is 0 Å². The van der Waals surface area contributed by atoms with E-state index in [1.54, 1.807) is 23.5 Å². The summed E-state index contributed by atoms with van der Waals surface area (Å²) in [5.74, 6) is 0.667. The number of esters is 1. The summed E-state index contributed by atoms with van der Waals surface area (Å²) >= 11 is 1.67. The number of nitrogens with zero attached hydrogens (tertiary/aromatic N) is 3. The van der Waals surface area contributed by atoms with Gasteiger partial charge in [-0.05, 0) is 37.1 Å². The molecule has 0 unspecified atom stereocenters. The van der Waals surface area contributed by atoms with Crippen LogP contribution in [-0.4, -0.2) is 21.2 Å². The Morgan fingerprint density at radius 1 is 1.14 bits per heavy atom. The lowest BCUT2D eigenvalue weighted by Crippen LogP contribution is -2.27. The minimum Gasteiger partial charge on any atom is -0.459 e. The number of carbonyl (C=O) groups excluding carboxylic acids is 1. The second kappa shape index (κ2) is 7.79. The molecule has 3 heterocycles. The summed E-state index contributed by atoms with van der Waals surface area (Å²) in [4.78, 5) is 17.6. The topological polar surface area (TPSA) is 91.2 Å². The third-order valence-electron chi connectivity index (χ3n) is 5.23. The van der Waals surface area contributed by atoms with Crippen molar-refractivity contribution < 1.29 is 18.4 Å². The largest absolute Gasteiger partial charge is 0.459 e. The van der Waals surface area contributed by atoms with Crippen molar-refractivity contribution in [2.24, 2.45) is 5.92 Å². The zero-order chi connectivity index (χ0) is 19.6. The molecule has 1 aromatic carbocycles. The molecule has 0 radical (unpaired) electrons. The summed E-state index contributed by atoms with van der Waals surface area (Å²) in [5, 5.41) is 8.88. The molecule has 1 aliphatic rings. The fourth-order valence-corrected chi connectivity index (χ4v) is 4.98. The van der Waals surface area contributed by atoms with Crippen LogP contribution in [0.3, 0.4) is 0 Å². The normalized spacial score (nSPS) is 19.4. The predicted molar refractivity (Wildman–Crippen MR) is 106 cm³/mol. The molecule has 8 heteroatoms. The number of para-hydroxylation sites is 1. The average Bonchev–Trinajstić information content (AvgIpc) is 3.52. The van der Waals surface area contributed by atoms with Crippen molar-refractivity contribution in [2.75, 3.05) is 0 Å². The van der Waals surface area contributed by atoms with Crippen LogP contribution in [0.2, 0.25) is 0 Å². The lowest BCUT2D eigenvalue weighted by Gasteiger charge is -2.28. The number of hydrogen-bond acceptors (Lipinski definition) is 8. The molecule has 4 aromatic rings. The van der Waals surface area contributed by atoms with E-state index in [1.807, 2.05) is 18.2 Å². The zero-order valence-electron chi connectivity index (χ0n) is 15.6. The molecule has 1 aliphatic carbocycles. The van der Waals surface area contributed by atoms with Gasteiger partial charge in [0.05, 0.1) is 27.4 Å². The van der Waals surface area contributed by atoms with Crippen LogP contribution in [-0.2, 0) is 16.1 Å². The first-order chi connectivity index (χ1) is 14.3. The first-order valence-electron chi connectivity index (χ1n) is 9.66. The molecule has 29 heavy (non-hydrogen) atoms. The maximum absolute atomic E-state index is 12.9. The number of ether oxygens (including phenoxy) is 1. The highest BCUT2D eigenvalue weighted by atomic mass is 32.1.